The predicted octanol–water partition coefficient (Wildman–Crippen LogP) is 3.44. The van der Waals surface area contributed by atoms with Gasteiger partial charge < -0.3 is 24.6 Å². The maximum Gasteiger partial charge on any atom is 0.191 e. The van der Waals surface area contributed by atoms with Gasteiger partial charge in [0.25, 0.3) is 0 Å². The highest BCUT2D eigenvalue weighted by Crippen LogP contribution is 2.24. The summed E-state index contributed by atoms with van der Waals surface area (Å²) in [5.41, 5.74) is -1.14. The lowest BCUT2D eigenvalue weighted by molar-refractivity contribution is 0.0436. The van der Waals surface area contributed by atoms with E-state index in [0.717, 1.165) is 24.6 Å². The summed E-state index contributed by atoms with van der Waals surface area (Å²) in [6.45, 7) is 4.94. The lowest BCUT2D eigenvalue weighted by atomic mass is 9.86. The normalized spacial score (nSPS) is 23.0. The summed E-state index contributed by atoms with van der Waals surface area (Å²) < 4.78 is 10.7. The van der Waals surface area contributed by atoms with Crippen molar-refractivity contribution >= 4 is 5.96 Å². The number of nitrogens with zero attached hydrogens (tertiary/aromatic N) is 1. The quantitative estimate of drug-likeness (QED) is 0.512. The molecule has 6 nitrogen and oxygen atoms in total. The van der Waals surface area contributed by atoms with Crippen molar-refractivity contribution in [2.24, 2.45) is 10.9 Å². The Hall–Kier alpha value is -2.21. The average Bonchev–Trinajstić information content (AvgIpc) is 3.35. The Kier molecular flexibility index (Phi) is 6.61. The van der Waals surface area contributed by atoms with Crippen LogP contribution < -0.4 is 10.6 Å². The highest BCUT2D eigenvalue weighted by Gasteiger charge is 2.27. The molecular weight excluding hydrogens is 342 g/mol. The Morgan fingerprint density at radius 2 is 2.00 bits per heavy atom. The zero-order valence-corrected chi connectivity index (χ0v) is 16.3. The van der Waals surface area contributed by atoms with Gasteiger partial charge in [-0.05, 0) is 49.9 Å². The third-order valence-electron chi connectivity index (χ3n) is 5.27. The lowest BCUT2D eigenvalue weighted by Gasteiger charge is -2.31. The molecule has 148 valence electrons. The van der Waals surface area contributed by atoms with Gasteiger partial charge in [0.2, 0.25) is 0 Å². The molecule has 1 fully saturated rings. The smallest absolute Gasteiger partial charge is 0.191 e. The Morgan fingerprint density at radius 1 is 1.22 bits per heavy atom. The van der Waals surface area contributed by atoms with Crippen molar-refractivity contribution in [3.8, 4) is 0 Å². The van der Waals surface area contributed by atoms with Crippen LogP contribution in [0.4, 0.5) is 0 Å². The predicted molar refractivity (Wildman–Crippen MR) is 106 cm³/mol. The fourth-order valence-corrected chi connectivity index (χ4v) is 3.51. The van der Waals surface area contributed by atoms with Gasteiger partial charge in [0.15, 0.2) is 5.96 Å². The van der Waals surface area contributed by atoms with Crippen LogP contribution in [0.25, 0.3) is 0 Å². The van der Waals surface area contributed by atoms with E-state index >= 15 is 0 Å². The van der Waals surface area contributed by atoms with E-state index in [1.807, 2.05) is 12.1 Å². The van der Waals surface area contributed by atoms with Gasteiger partial charge in [-0.3, -0.25) is 0 Å². The average molecular weight is 373 g/mol. The summed E-state index contributed by atoms with van der Waals surface area (Å²) in [6, 6.07) is 7.82. The molecule has 1 aliphatic carbocycles. The SMILES string of the molecule is CC1CCCCC1NC(=NCC(C)(O)c1ccco1)NCCc1ccco1. The molecule has 0 aromatic carbocycles. The standard InChI is InChI=1S/C21H31N3O3/c1-16-7-3-4-9-18(16)24-20(22-12-11-17-8-5-13-26-17)23-15-21(2,25)19-10-6-14-27-19/h5-6,8,10,13-14,16,18,25H,3-4,7,9,11-12,15H2,1-2H3,(H2,22,23,24). The van der Waals surface area contributed by atoms with Crippen LogP contribution in [0.2, 0.25) is 0 Å². The van der Waals surface area contributed by atoms with Gasteiger partial charge >= 0.3 is 0 Å². The van der Waals surface area contributed by atoms with Crippen molar-refractivity contribution in [3.05, 3.63) is 48.3 Å². The van der Waals surface area contributed by atoms with E-state index in [-0.39, 0.29) is 6.54 Å². The van der Waals surface area contributed by atoms with Crippen LogP contribution in [0.15, 0.2) is 50.6 Å². The number of aliphatic imine (C=N–C) groups is 1. The largest absolute Gasteiger partial charge is 0.469 e. The Balaban J connectivity index is 1.63. The Labute approximate surface area is 161 Å². The molecule has 3 unspecified atom stereocenters. The summed E-state index contributed by atoms with van der Waals surface area (Å²) in [5.74, 6) is 2.80. The van der Waals surface area contributed by atoms with Gasteiger partial charge in [-0.2, -0.15) is 0 Å². The van der Waals surface area contributed by atoms with E-state index in [4.69, 9.17) is 8.83 Å². The molecule has 0 saturated heterocycles. The maximum absolute atomic E-state index is 10.7. The summed E-state index contributed by atoms with van der Waals surface area (Å²) in [6.07, 6.45) is 8.96. The van der Waals surface area contributed by atoms with Gasteiger partial charge in [-0.15, -0.1) is 0 Å². The van der Waals surface area contributed by atoms with E-state index in [0.29, 0.717) is 24.3 Å². The molecule has 3 rings (SSSR count). The third-order valence-corrected chi connectivity index (χ3v) is 5.27. The second kappa shape index (κ2) is 9.13. The number of furan rings is 2. The molecule has 0 aliphatic heterocycles. The summed E-state index contributed by atoms with van der Waals surface area (Å²) in [5, 5.41) is 17.6. The number of hydrogen-bond donors (Lipinski definition) is 3. The van der Waals surface area contributed by atoms with E-state index < -0.39 is 5.60 Å². The van der Waals surface area contributed by atoms with Gasteiger partial charge in [-0.25, -0.2) is 4.99 Å². The number of nitrogens with one attached hydrogen (secondary N) is 2. The van der Waals surface area contributed by atoms with Crippen molar-refractivity contribution in [2.45, 2.75) is 57.6 Å². The minimum Gasteiger partial charge on any atom is -0.469 e. The third kappa shape index (κ3) is 5.63. The van der Waals surface area contributed by atoms with Crippen LogP contribution in [-0.2, 0) is 12.0 Å². The highest BCUT2D eigenvalue weighted by atomic mass is 16.4. The molecule has 0 amide bonds. The van der Waals surface area contributed by atoms with Crippen LogP contribution in [0.1, 0.15) is 51.1 Å². The molecule has 3 N–H and O–H groups in total. The molecule has 1 saturated carbocycles. The fraction of sp³-hybridized carbons (Fsp3) is 0.571. The van der Waals surface area contributed by atoms with E-state index in [2.05, 4.69) is 22.5 Å². The summed E-state index contributed by atoms with van der Waals surface area (Å²) in [7, 11) is 0. The van der Waals surface area contributed by atoms with Crippen LogP contribution >= 0.6 is 0 Å². The van der Waals surface area contributed by atoms with Crippen LogP contribution in [-0.4, -0.2) is 30.2 Å². The van der Waals surface area contributed by atoms with E-state index in [1.165, 1.54) is 19.3 Å². The Bertz CT molecular complexity index is 692. The van der Waals surface area contributed by atoms with Gasteiger partial charge in [0, 0.05) is 19.0 Å². The maximum atomic E-state index is 10.7. The van der Waals surface area contributed by atoms with Gasteiger partial charge in [0.1, 0.15) is 17.1 Å². The van der Waals surface area contributed by atoms with Crippen molar-refractivity contribution < 1.29 is 13.9 Å². The van der Waals surface area contributed by atoms with Crippen LogP contribution in [0.5, 0.6) is 0 Å². The molecule has 2 aromatic heterocycles. The number of rotatable bonds is 7. The van der Waals surface area contributed by atoms with Crippen molar-refractivity contribution in [1.82, 2.24) is 10.6 Å². The second-order valence-electron chi connectivity index (χ2n) is 7.68. The van der Waals surface area contributed by atoms with Crippen LogP contribution in [0, 0.1) is 5.92 Å². The number of hydrogen-bond acceptors (Lipinski definition) is 4. The molecule has 0 bridgehead atoms. The highest BCUT2D eigenvalue weighted by molar-refractivity contribution is 5.80. The molecule has 27 heavy (non-hydrogen) atoms. The molecule has 0 radical (unpaired) electrons. The zero-order chi connectivity index (χ0) is 19.1. The summed E-state index contributed by atoms with van der Waals surface area (Å²) >= 11 is 0. The molecule has 1 aliphatic rings. The van der Waals surface area contributed by atoms with Crippen molar-refractivity contribution in [3.63, 3.8) is 0 Å². The monoisotopic (exact) mass is 373 g/mol. The van der Waals surface area contributed by atoms with Gasteiger partial charge in [-0.1, -0.05) is 19.8 Å². The first-order chi connectivity index (χ1) is 13.0. The molecule has 6 heteroatoms. The zero-order valence-electron chi connectivity index (χ0n) is 16.3. The van der Waals surface area contributed by atoms with Crippen molar-refractivity contribution in [2.75, 3.05) is 13.1 Å². The second-order valence-corrected chi connectivity index (χ2v) is 7.68. The van der Waals surface area contributed by atoms with E-state index in [1.54, 1.807) is 31.6 Å². The molecule has 2 aromatic rings. The minimum absolute atomic E-state index is 0.220. The number of guanidine groups is 1. The molecular formula is C21H31N3O3. The summed E-state index contributed by atoms with van der Waals surface area (Å²) in [4.78, 5) is 4.65. The Morgan fingerprint density at radius 3 is 2.70 bits per heavy atom. The minimum atomic E-state index is -1.14. The lowest BCUT2D eigenvalue weighted by Crippen LogP contribution is -2.48. The van der Waals surface area contributed by atoms with Gasteiger partial charge in [0.05, 0.1) is 19.1 Å². The molecule has 3 atom stereocenters. The van der Waals surface area contributed by atoms with Crippen LogP contribution in [0.3, 0.4) is 0 Å². The van der Waals surface area contributed by atoms with E-state index in [9.17, 15) is 5.11 Å². The topological polar surface area (TPSA) is 82.9 Å². The van der Waals surface area contributed by atoms with Crippen molar-refractivity contribution in [1.29, 1.82) is 0 Å². The number of aliphatic hydroxyl groups is 1. The molecule has 2 heterocycles. The first-order valence-corrected chi connectivity index (χ1v) is 9.88. The first-order valence-electron chi connectivity index (χ1n) is 9.88. The molecule has 0 spiro atoms. The first kappa shape index (κ1) is 19.5. The fourth-order valence-electron chi connectivity index (χ4n) is 3.51.